The van der Waals surface area contributed by atoms with Crippen LogP contribution in [0.2, 0.25) is 0 Å². The van der Waals surface area contributed by atoms with Gasteiger partial charge < -0.3 is 10.4 Å². The van der Waals surface area contributed by atoms with Crippen molar-refractivity contribution in [3.8, 4) is 0 Å². The van der Waals surface area contributed by atoms with Gasteiger partial charge in [-0.3, -0.25) is 14.9 Å². The van der Waals surface area contributed by atoms with Crippen molar-refractivity contribution in [3.05, 3.63) is 0 Å². The topological polar surface area (TPSA) is 78.4 Å². The third kappa shape index (κ3) is 1.99. The van der Waals surface area contributed by atoms with Gasteiger partial charge in [0.15, 0.2) is 6.35 Å². The molecule has 0 aromatic heterocycles. The highest BCUT2D eigenvalue weighted by Gasteiger charge is 2.26. The van der Waals surface area contributed by atoms with Crippen LogP contribution in [0.1, 0.15) is 13.3 Å². The molecule has 0 aromatic rings. The summed E-state index contributed by atoms with van der Waals surface area (Å²) < 4.78 is 0. The van der Waals surface area contributed by atoms with Crippen molar-refractivity contribution in [1.82, 2.24) is 10.6 Å². The number of Topliss-reactive ketones (excluding diaryl/α,β-unsaturated/α-hetero) is 1. The summed E-state index contributed by atoms with van der Waals surface area (Å²) in [5.41, 5.74) is 0. The van der Waals surface area contributed by atoms with Crippen molar-refractivity contribution in [2.24, 2.45) is 0 Å². The average Bonchev–Trinajstić information content (AvgIpc) is 1.85. The Morgan fingerprint density at radius 1 is 1.73 bits per heavy atom. The summed E-state index contributed by atoms with van der Waals surface area (Å²) in [4.78, 5) is 21.5. The minimum Gasteiger partial charge on any atom is -0.361 e. The fourth-order valence-electron chi connectivity index (χ4n) is 0.949. The van der Waals surface area contributed by atoms with E-state index in [1.807, 2.05) is 0 Å². The van der Waals surface area contributed by atoms with Crippen molar-refractivity contribution < 1.29 is 14.7 Å². The minimum absolute atomic E-state index is 0.104. The summed E-state index contributed by atoms with van der Waals surface area (Å²) in [5.74, 6) is -0.449. The van der Waals surface area contributed by atoms with Crippen LogP contribution < -0.4 is 10.6 Å². The number of hydrogen-bond acceptors (Lipinski definition) is 4. The number of aliphatic hydroxyl groups is 1. The lowest BCUT2D eigenvalue weighted by Crippen LogP contribution is -2.58. The molecule has 0 saturated carbocycles. The number of amides is 1. The molecule has 0 spiro atoms. The first-order chi connectivity index (χ1) is 5.09. The molecule has 1 aliphatic heterocycles. The Morgan fingerprint density at radius 3 is 2.82 bits per heavy atom. The number of carbonyl (C=O) groups excluding carboxylic acids is 2. The SMILES string of the molecule is CC(=O)[C@@H]1CC(=O)N[C@H](O)N1. The predicted octanol–water partition coefficient (Wildman–Crippen LogP) is -1.67. The Hall–Kier alpha value is -0.940. The molecule has 0 aromatic carbocycles. The van der Waals surface area contributed by atoms with E-state index in [0.717, 1.165) is 0 Å². The smallest absolute Gasteiger partial charge is 0.225 e. The van der Waals surface area contributed by atoms with Gasteiger partial charge in [0, 0.05) is 6.42 Å². The predicted molar refractivity (Wildman–Crippen MR) is 36.4 cm³/mol. The van der Waals surface area contributed by atoms with Gasteiger partial charge in [-0.2, -0.15) is 0 Å². The van der Waals surface area contributed by atoms with Crippen molar-refractivity contribution >= 4 is 11.7 Å². The molecular formula is C6H10N2O3. The van der Waals surface area contributed by atoms with E-state index in [-0.39, 0.29) is 18.1 Å². The van der Waals surface area contributed by atoms with Crippen molar-refractivity contribution in [2.45, 2.75) is 25.7 Å². The fraction of sp³-hybridized carbons (Fsp3) is 0.667. The van der Waals surface area contributed by atoms with E-state index in [9.17, 15) is 9.59 Å². The first kappa shape index (κ1) is 8.16. The second-order valence-electron chi connectivity index (χ2n) is 2.50. The highest BCUT2D eigenvalue weighted by Crippen LogP contribution is 1.99. The summed E-state index contributed by atoms with van der Waals surface area (Å²) in [6.45, 7) is 1.38. The lowest BCUT2D eigenvalue weighted by atomic mass is 10.1. The summed E-state index contributed by atoms with van der Waals surface area (Å²) in [7, 11) is 0. The third-order valence-electron chi connectivity index (χ3n) is 1.54. The molecule has 1 rings (SSSR count). The first-order valence-corrected chi connectivity index (χ1v) is 3.33. The Labute approximate surface area is 63.8 Å². The molecular weight excluding hydrogens is 148 g/mol. The number of hydrogen-bond donors (Lipinski definition) is 3. The van der Waals surface area contributed by atoms with E-state index < -0.39 is 12.4 Å². The normalized spacial score (nSPS) is 31.3. The quantitative estimate of drug-likeness (QED) is 0.426. The lowest BCUT2D eigenvalue weighted by Gasteiger charge is -2.26. The van der Waals surface area contributed by atoms with Gasteiger partial charge >= 0.3 is 0 Å². The lowest BCUT2D eigenvalue weighted by molar-refractivity contribution is -0.134. The largest absolute Gasteiger partial charge is 0.361 e. The molecule has 0 radical (unpaired) electrons. The Bertz CT molecular complexity index is 192. The standard InChI is InChI=1S/C6H10N2O3/c1-3(9)4-2-5(10)8-6(11)7-4/h4,6-7,11H,2H2,1H3,(H,8,10)/t4-,6+/m0/s1. The zero-order valence-electron chi connectivity index (χ0n) is 6.13. The second kappa shape index (κ2) is 2.98. The zero-order chi connectivity index (χ0) is 8.43. The third-order valence-corrected chi connectivity index (χ3v) is 1.54. The molecule has 11 heavy (non-hydrogen) atoms. The van der Waals surface area contributed by atoms with Gasteiger partial charge in [0.05, 0.1) is 6.04 Å². The van der Waals surface area contributed by atoms with Crippen LogP contribution >= 0.6 is 0 Å². The van der Waals surface area contributed by atoms with Crippen molar-refractivity contribution in [2.75, 3.05) is 0 Å². The van der Waals surface area contributed by atoms with E-state index in [1.165, 1.54) is 6.92 Å². The maximum atomic E-state index is 10.7. The van der Waals surface area contributed by atoms with Crippen LogP contribution in [-0.2, 0) is 9.59 Å². The maximum absolute atomic E-state index is 10.7. The molecule has 3 N–H and O–H groups in total. The van der Waals surface area contributed by atoms with Crippen LogP contribution in [0.5, 0.6) is 0 Å². The molecule has 5 heteroatoms. The molecule has 0 unspecified atom stereocenters. The second-order valence-corrected chi connectivity index (χ2v) is 2.50. The van der Waals surface area contributed by atoms with Gasteiger partial charge in [0.2, 0.25) is 5.91 Å². The number of rotatable bonds is 1. The van der Waals surface area contributed by atoms with E-state index in [0.29, 0.717) is 0 Å². The molecule has 1 aliphatic rings. The van der Waals surface area contributed by atoms with E-state index in [1.54, 1.807) is 0 Å². The van der Waals surface area contributed by atoms with E-state index in [4.69, 9.17) is 5.11 Å². The minimum atomic E-state index is -1.09. The molecule has 0 aliphatic carbocycles. The van der Waals surface area contributed by atoms with Gasteiger partial charge in [0.1, 0.15) is 5.78 Å². The number of carbonyl (C=O) groups is 2. The summed E-state index contributed by atoms with van der Waals surface area (Å²) in [6, 6.07) is -0.543. The molecule has 62 valence electrons. The highest BCUT2D eigenvalue weighted by molar-refractivity contribution is 5.89. The number of nitrogens with one attached hydrogen (secondary N) is 2. The summed E-state index contributed by atoms with van der Waals surface area (Å²) >= 11 is 0. The van der Waals surface area contributed by atoms with Crippen LogP contribution in [0.3, 0.4) is 0 Å². The van der Waals surface area contributed by atoms with Crippen LogP contribution in [0.4, 0.5) is 0 Å². The zero-order valence-corrected chi connectivity index (χ0v) is 6.13. The maximum Gasteiger partial charge on any atom is 0.225 e. The number of ketones is 1. The van der Waals surface area contributed by atoms with Crippen LogP contribution in [0.15, 0.2) is 0 Å². The Morgan fingerprint density at radius 2 is 2.36 bits per heavy atom. The average molecular weight is 158 g/mol. The van der Waals surface area contributed by atoms with Crippen molar-refractivity contribution in [1.29, 1.82) is 0 Å². The fourth-order valence-corrected chi connectivity index (χ4v) is 0.949. The summed E-state index contributed by atoms with van der Waals surface area (Å²) in [6.07, 6.45) is -0.989. The van der Waals surface area contributed by atoms with Crippen LogP contribution in [-0.4, -0.2) is 29.2 Å². The van der Waals surface area contributed by atoms with Gasteiger partial charge in [-0.15, -0.1) is 0 Å². The molecule has 1 saturated heterocycles. The molecule has 1 amide bonds. The molecule has 1 fully saturated rings. The van der Waals surface area contributed by atoms with Gasteiger partial charge in [-0.25, -0.2) is 0 Å². The Kier molecular flexibility index (Phi) is 2.21. The van der Waals surface area contributed by atoms with Gasteiger partial charge in [-0.1, -0.05) is 0 Å². The molecule has 1 heterocycles. The molecule has 0 bridgehead atoms. The first-order valence-electron chi connectivity index (χ1n) is 3.33. The van der Waals surface area contributed by atoms with E-state index in [2.05, 4.69) is 10.6 Å². The van der Waals surface area contributed by atoms with Gasteiger partial charge in [0.25, 0.3) is 0 Å². The number of aliphatic hydroxyl groups excluding tert-OH is 1. The highest BCUT2D eigenvalue weighted by atomic mass is 16.3. The van der Waals surface area contributed by atoms with Crippen LogP contribution in [0, 0.1) is 0 Å². The van der Waals surface area contributed by atoms with Crippen molar-refractivity contribution in [3.63, 3.8) is 0 Å². The summed E-state index contributed by atoms with van der Waals surface area (Å²) in [5, 5.41) is 13.6. The van der Waals surface area contributed by atoms with E-state index >= 15 is 0 Å². The Balaban J connectivity index is 2.56. The molecule has 5 nitrogen and oxygen atoms in total. The monoisotopic (exact) mass is 158 g/mol. The molecule has 2 atom stereocenters. The van der Waals surface area contributed by atoms with Gasteiger partial charge in [-0.05, 0) is 6.92 Å². The van der Waals surface area contributed by atoms with Crippen LogP contribution in [0.25, 0.3) is 0 Å².